The van der Waals surface area contributed by atoms with Gasteiger partial charge in [0.25, 0.3) is 0 Å². The Morgan fingerprint density at radius 1 is 0.762 bits per heavy atom. The van der Waals surface area contributed by atoms with Gasteiger partial charge in [-0.05, 0) is 25.7 Å². The molecule has 1 aromatic heterocycles. The van der Waals surface area contributed by atoms with E-state index < -0.39 is 0 Å². The molecule has 1 aromatic rings. The smallest absolute Gasteiger partial charge is 0.112 e. The van der Waals surface area contributed by atoms with Crippen LogP contribution in [0.25, 0.3) is 0 Å². The summed E-state index contributed by atoms with van der Waals surface area (Å²) >= 11 is 0. The molecule has 2 heteroatoms. The van der Waals surface area contributed by atoms with Crippen LogP contribution < -0.4 is 0 Å². The zero-order valence-electron chi connectivity index (χ0n) is 15.8. The first-order chi connectivity index (χ1) is 9.57. The average molecular weight is 293 g/mol. The highest BCUT2D eigenvalue weighted by Gasteiger charge is 2.37. The number of hydrogen-bond acceptors (Lipinski definition) is 1. The zero-order valence-corrected chi connectivity index (χ0v) is 15.8. The van der Waals surface area contributed by atoms with Crippen molar-refractivity contribution in [1.82, 2.24) is 9.97 Å². The molecule has 0 amide bonds. The summed E-state index contributed by atoms with van der Waals surface area (Å²) in [6.07, 6.45) is 4.56. The fourth-order valence-corrected chi connectivity index (χ4v) is 2.79. The molecule has 0 aliphatic heterocycles. The lowest BCUT2D eigenvalue weighted by Crippen LogP contribution is -2.29. The summed E-state index contributed by atoms with van der Waals surface area (Å²) in [5.74, 6) is 1.13. The van der Waals surface area contributed by atoms with Gasteiger partial charge >= 0.3 is 0 Å². The van der Waals surface area contributed by atoms with E-state index in [-0.39, 0.29) is 16.2 Å². The normalized spacial score (nSPS) is 13.8. The molecular formula is C19H36N2. The second-order valence-electron chi connectivity index (χ2n) is 8.09. The minimum Gasteiger partial charge on any atom is -0.345 e. The van der Waals surface area contributed by atoms with Gasteiger partial charge < -0.3 is 4.98 Å². The van der Waals surface area contributed by atoms with Crippen LogP contribution >= 0.6 is 0 Å². The third-order valence-corrected chi connectivity index (χ3v) is 5.71. The number of aromatic amines is 1. The van der Waals surface area contributed by atoms with Crippen molar-refractivity contribution in [3.05, 3.63) is 17.2 Å². The first-order valence-electron chi connectivity index (χ1n) is 8.69. The lowest BCUT2D eigenvalue weighted by atomic mass is 9.73. The second kappa shape index (κ2) is 6.14. The van der Waals surface area contributed by atoms with Crippen molar-refractivity contribution in [3.63, 3.8) is 0 Å². The highest BCUT2D eigenvalue weighted by atomic mass is 15.0. The summed E-state index contributed by atoms with van der Waals surface area (Å²) in [6.45, 7) is 20.6. The van der Waals surface area contributed by atoms with Crippen molar-refractivity contribution < 1.29 is 0 Å². The number of nitrogens with one attached hydrogen (secondary N) is 1. The highest BCUT2D eigenvalue weighted by molar-refractivity contribution is 5.31. The van der Waals surface area contributed by atoms with E-state index >= 15 is 0 Å². The summed E-state index contributed by atoms with van der Waals surface area (Å²) in [5, 5.41) is 0. The molecule has 0 bridgehead atoms. The van der Waals surface area contributed by atoms with Gasteiger partial charge in [0.2, 0.25) is 0 Å². The van der Waals surface area contributed by atoms with Crippen molar-refractivity contribution in [1.29, 1.82) is 0 Å². The molecule has 0 saturated carbocycles. The van der Waals surface area contributed by atoms with E-state index in [1.807, 2.05) is 0 Å². The molecule has 21 heavy (non-hydrogen) atoms. The Bertz CT molecular complexity index is 419. The Labute approximate surface area is 132 Å². The van der Waals surface area contributed by atoms with Gasteiger partial charge in [-0.1, -0.05) is 62.3 Å². The van der Waals surface area contributed by atoms with E-state index in [0.717, 1.165) is 31.5 Å². The largest absolute Gasteiger partial charge is 0.345 e. The molecule has 0 spiro atoms. The molecule has 0 unspecified atom stereocenters. The summed E-state index contributed by atoms with van der Waals surface area (Å²) in [4.78, 5) is 8.83. The third kappa shape index (κ3) is 3.35. The van der Waals surface area contributed by atoms with Gasteiger partial charge in [0, 0.05) is 21.9 Å². The number of hydrogen-bond donors (Lipinski definition) is 1. The first-order valence-corrected chi connectivity index (χ1v) is 8.69. The van der Waals surface area contributed by atoms with Gasteiger partial charge in [-0.25, -0.2) is 4.98 Å². The number of H-pyrrole nitrogens is 1. The van der Waals surface area contributed by atoms with Gasteiger partial charge in [-0.15, -0.1) is 0 Å². The Kier molecular flexibility index (Phi) is 5.34. The summed E-state index contributed by atoms with van der Waals surface area (Å²) in [5.41, 5.74) is 3.11. The molecule has 0 atom stereocenters. The number of imidazole rings is 1. The van der Waals surface area contributed by atoms with Crippen LogP contribution in [0.5, 0.6) is 0 Å². The van der Waals surface area contributed by atoms with Crippen LogP contribution in [0.4, 0.5) is 0 Å². The predicted molar refractivity (Wildman–Crippen MR) is 93.2 cm³/mol. The average Bonchev–Trinajstić information content (AvgIpc) is 2.92. The molecule has 0 aliphatic carbocycles. The summed E-state index contributed by atoms with van der Waals surface area (Å²) in [7, 11) is 0. The Morgan fingerprint density at radius 3 is 1.52 bits per heavy atom. The van der Waals surface area contributed by atoms with Gasteiger partial charge in [0.15, 0.2) is 0 Å². The van der Waals surface area contributed by atoms with Crippen molar-refractivity contribution in [2.45, 2.75) is 104 Å². The molecule has 122 valence electrons. The fourth-order valence-electron chi connectivity index (χ4n) is 2.79. The molecular weight excluding hydrogens is 256 g/mol. The quantitative estimate of drug-likeness (QED) is 0.698. The highest BCUT2D eigenvalue weighted by Crippen LogP contribution is 2.41. The molecule has 0 aromatic carbocycles. The van der Waals surface area contributed by atoms with Crippen molar-refractivity contribution in [2.24, 2.45) is 0 Å². The standard InChI is InChI=1S/C19H36N2/c1-10-18(8,11-2)14-15(19(9,12-3)13-4)21-16(20-14)17(5,6)7/h10-13H2,1-9H3,(H,20,21). The number of aromatic nitrogens is 2. The topological polar surface area (TPSA) is 28.7 Å². The van der Waals surface area contributed by atoms with E-state index in [2.05, 4.69) is 67.3 Å². The Hall–Kier alpha value is -0.790. The molecule has 2 nitrogen and oxygen atoms in total. The minimum absolute atomic E-state index is 0.0672. The maximum Gasteiger partial charge on any atom is 0.112 e. The van der Waals surface area contributed by atoms with Crippen LogP contribution in [-0.2, 0) is 16.2 Å². The summed E-state index contributed by atoms with van der Waals surface area (Å²) in [6, 6.07) is 0. The molecule has 1 heterocycles. The Balaban J connectivity index is 3.58. The maximum atomic E-state index is 5.10. The first kappa shape index (κ1) is 18.3. The van der Waals surface area contributed by atoms with E-state index in [0.29, 0.717) is 0 Å². The Morgan fingerprint density at radius 2 is 1.19 bits per heavy atom. The van der Waals surface area contributed by atoms with Crippen LogP contribution in [0.1, 0.15) is 105 Å². The zero-order chi connectivity index (χ0) is 16.5. The number of nitrogens with zero attached hydrogens (tertiary/aromatic N) is 1. The fraction of sp³-hybridized carbons (Fsp3) is 0.842. The van der Waals surface area contributed by atoms with E-state index in [1.54, 1.807) is 0 Å². The SMILES string of the molecule is CCC(C)(CC)c1nc(C(C)(C)C)[nH]c1C(C)(CC)CC. The van der Waals surface area contributed by atoms with Gasteiger partial charge in [0.1, 0.15) is 5.82 Å². The lowest BCUT2D eigenvalue weighted by molar-refractivity contribution is 0.382. The van der Waals surface area contributed by atoms with E-state index in [4.69, 9.17) is 4.98 Å². The lowest BCUT2D eigenvalue weighted by Gasteiger charge is -2.32. The van der Waals surface area contributed by atoms with Gasteiger partial charge in [0.05, 0.1) is 5.69 Å². The molecule has 0 fully saturated rings. The van der Waals surface area contributed by atoms with Crippen LogP contribution in [0.3, 0.4) is 0 Å². The number of rotatable bonds is 6. The summed E-state index contributed by atoms with van der Waals surface area (Å²) < 4.78 is 0. The van der Waals surface area contributed by atoms with Crippen molar-refractivity contribution in [2.75, 3.05) is 0 Å². The predicted octanol–water partition coefficient (Wildman–Crippen LogP) is 5.86. The molecule has 0 saturated heterocycles. The van der Waals surface area contributed by atoms with Crippen molar-refractivity contribution >= 4 is 0 Å². The van der Waals surface area contributed by atoms with Crippen LogP contribution in [-0.4, -0.2) is 9.97 Å². The van der Waals surface area contributed by atoms with Gasteiger partial charge in [-0.2, -0.15) is 0 Å². The maximum absolute atomic E-state index is 5.10. The minimum atomic E-state index is 0.0672. The molecule has 0 aliphatic rings. The van der Waals surface area contributed by atoms with E-state index in [9.17, 15) is 0 Å². The third-order valence-electron chi connectivity index (χ3n) is 5.71. The van der Waals surface area contributed by atoms with Gasteiger partial charge in [-0.3, -0.25) is 0 Å². The van der Waals surface area contributed by atoms with Crippen molar-refractivity contribution in [3.8, 4) is 0 Å². The molecule has 1 rings (SSSR count). The monoisotopic (exact) mass is 292 g/mol. The molecule has 1 N–H and O–H groups in total. The second-order valence-corrected chi connectivity index (χ2v) is 8.09. The van der Waals surface area contributed by atoms with Crippen LogP contribution in [0, 0.1) is 0 Å². The van der Waals surface area contributed by atoms with Crippen LogP contribution in [0.2, 0.25) is 0 Å². The van der Waals surface area contributed by atoms with E-state index in [1.165, 1.54) is 11.4 Å². The van der Waals surface area contributed by atoms with Crippen LogP contribution in [0.15, 0.2) is 0 Å². The molecule has 0 radical (unpaired) electrons.